The average molecular weight is 548 g/mol. The summed E-state index contributed by atoms with van der Waals surface area (Å²) in [5, 5.41) is 4.87. The zero-order valence-corrected chi connectivity index (χ0v) is 19.8. The number of hydrogen-bond acceptors (Lipinski definition) is 3. The highest BCUT2D eigenvalue weighted by atomic mass is 19.4. The van der Waals surface area contributed by atoms with Gasteiger partial charge in [0.05, 0.1) is 11.4 Å². The van der Waals surface area contributed by atoms with E-state index >= 15 is 0 Å². The first-order chi connectivity index (χ1) is 18.4. The van der Waals surface area contributed by atoms with E-state index < -0.39 is 52.5 Å². The molecule has 0 saturated carbocycles. The molecule has 0 atom stereocenters. The van der Waals surface area contributed by atoms with Crippen LogP contribution in [0.15, 0.2) is 91.0 Å². The SMILES string of the molecule is O=C(Nc1cccc(F)c1)NC(Cc1ccccc1)(c1cccc(C(F)(F)F)n1)c1cccc(C(F)(F)F)n1. The van der Waals surface area contributed by atoms with E-state index in [2.05, 4.69) is 20.6 Å². The first-order valence-corrected chi connectivity index (χ1v) is 11.3. The monoisotopic (exact) mass is 548 g/mol. The molecule has 0 spiro atoms. The van der Waals surface area contributed by atoms with Crippen LogP contribution in [0.4, 0.5) is 41.2 Å². The van der Waals surface area contributed by atoms with E-state index in [0.29, 0.717) is 17.7 Å². The van der Waals surface area contributed by atoms with E-state index in [4.69, 9.17) is 0 Å². The molecule has 0 unspecified atom stereocenters. The van der Waals surface area contributed by atoms with Gasteiger partial charge in [-0.2, -0.15) is 26.3 Å². The minimum atomic E-state index is -4.89. The van der Waals surface area contributed by atoms with Crippen LogP contribution in [0, 0.1) is 5.82 Å². The number of rotatable bonds is 6. The number of pyridine rings is 2. The van der Waals surface area contributed by atoms with Gasteiger partial charge in [-0.25, -0.2) is 19.2 Å². The van der Waals surface area contributed by atoms with Crippen molar-refractivity contribution in [1.82, 2.24) is 15.3 Å². The fourth-order valence-corrected chi connectivity index (χ4v) is 3.97. The van der Waals surface area contributed by atoms with Gasteiger partial charge in [0, 0.05) is 12.1 Å². The summed E-state index contributed by atoms with van der Waals surface area (Å²) in [6.07, 6.45) is -10.1. The van der Waals surface area contributed by atoms with Crippen LogP contribution in [-0.4, -0.2) is 16.0 Å². The number of nitrogens with one attached hydrogen (secondary N) is 2. The molecule has 2 N–H and O–H groups in total. The number of benzene rings is 2. The van der Waals surface area contributed by atoms with Crippen LogP contribution in [0.5, 0.6) is 0 Å². The largest absolute Gasteiger partial charge is 0.433 e. The van der Waals surface area contributed by atoms with Gasteiger partial charge in [-0.05, 0) is 48.0 Å². The third-order valence-electron chi connectivity index (χ3n) is 5.68. The predicted octanol–water partition coefficient (Wildman–Crippen LogP) is 6.96. The molecule has 12 heteroatoms. The van der Waals surface area contributed by atoms with Gasteiger partial charge in [0.2, 0.25) is 0 Å². The Morgan fingerprint density at radius 3 is 1.69 bits per heavy atom. The molecule has 2 aromatic heterocycles. The van der Waals surface area contributed by atoms with Crippen LogP contribution in [0.2, 0.25) is 0 Å². The van der Waals surface area contributed by atoms with Gasteiger partial charge < -0.3 is 10.6 Å². The Morgan fingerprint density at radius 1 is 0.667 bits per heavy atom. The third kappa shape index (κ3) is 6.51. The molecule has 0 fully saturated rings. The molecule has 2 heterocycles. The summed E-state index contributed by atoms with van der Waals surface area (Å²) in [7, 11) is 0. The molecule has 5 nitrogen and oxygen atoms in total. The predicted molar refractivity (Wildman–Crippen MR) is 128 cm³/mol. The molecule has 4 rings (SSSR count). The number of nitrogens with zero attached hydrogens (tertiary/aromatic N) is 2. The molecular formula is C27H19F7N4O. The van der Waals surface area contributed by atoms with Gasteiger partial charge in [-0.1, -0.05) is 48.5 Å². The molecule has 0 aliphatic heterocycles. The van der Waals surface area contributed by atoms with Crippen molar-refractivity contribution in [2.24, 2.45) is 0 Å². The fraction of sp³-hybridized carbons (Fsp3) is 0.148. The Kier molecular flexibility index (Phi) is 7.57. The second kappa shape index (κ2) is 10.7. The summed E-state index contributed by atoms with van der Waals surface area (Å²) in [6, 6.07) is 17.6. The molecule has 2 aromatic carbocycles. The highest BCUT2D eigenvalue weighted by molar-refractivity contribution is 5.90. The second-order valence-corrected chi connectivity index (χ2v) is 8.47. The van der Waals surface area contributed by atoms with Crippen molar-refractivity contribution < 1.29 is 35.5 Å². The van der Waals surface area contributed by atoms with Crippen LogP contribution in [-0.2, 0) is 24.3 Å². The Morgan fingerprint density at radius 2 is 1.18 bits per heavy atom. The highest BCUT2D eigenvalue weighted by Crippen LogP contribution is 2.36. The van der Waals surface area contributed by atoms with E-state index in [0.717, 1.165) is 36.4 Å². The molecule has 202 valence electrons. The van der Waals surface area contributed by atoms with Gasteiger partial charge in [-0.15, -0.1) is 0 Å². The maximum absolute atomic E-state index is 13.7. The lowest BCUT2D eigenvalue weighted by molar-refractivity contribution is -0.141. The van der Waals surface area contributed by atoms with Crippen LogP contribution in [0.1, 0.15) is 28.3 Å². The van der Waals surface area contributed by atoms with Crippen molar-refractivity contribution in [2.75, 3.05) is 5.32 Å². The number of halogens is 7. The lowest BCUT2D eigenvalue weighted by Gasteiger charge is -2.35. The quantitative estimate of drug-likeness (QED) is 0.256. The summed E-state index contributed by atoms with van der Waals surface area (Å²) in [4.78, 5) is 20.6. The van der Waals surface area contributed by atoms with Crippen LogP contribution < -0.4 is 10.6 Å². The van der Waals surface area contributed by atoms with E-state index in [-0.39, 0.29) is 12.1 Å². The smallest absolute Gasteiger partial charge is 0.321 e. The van der Waals surface area contributed by atoms with Crippen LogP contribution >= 0.6 is 0 Å². The summed E-state index contributed by atoms with van der Waals surface area (Å²) in [5.41, 5.74) is -5.16. The average Bonchev–Trinajstić information content (AvgIpc) is 2.88. The number of aromatic nitrogens is 2. The lowest BCUT2D eigenvalue weighted by Crippen LogP contribution is -2.51. The first-order valence-electron chi connectivity index (χ1n) is 11.3. The van der Waals surface area contributed by atoms with E-state index in [1.165, 1.54) is 12.1 Å². The van der Waals surface area contributed by atoms with E-state index in [1.807, 2.05) is 0 Å². The number of urea groups is 1. The van der Waals surface area contributed by atoms with Crippen LogP contribution in [0.3, 0.4) is 0 Å². The standard InChI is InChI=1S/C27H19F7N4O/c28-18-9-4-10-19(15-18)35-24(39)38-25(16-17-7-2-1-3-8-17,20-11-5-13-22(36-20)26(29,30)31)21-12-6-14-23(37-21)27(32,33)34/h1-15H,16H2,(H2,35,38,39). The second-order valence-electron chi connectivity index (χ2n) is 8.47. The molecule has 39 heavy (non-hydrogen) atoms. The number of anilines is 1. The van der Waals surface area contributed by atoms with Crippen LogP contribution in [0.25, 0.3) is 0 Å². The summed E-state index contributed by atoms with van der Waals surface area (Å²) < 4.78 is 95.5. The Balaban J connectivity index is 1.93. The molecule has 0 saturated heterocycles. The maximum atomic E-state index is 13.7. The van der Waals surface area contributed by atoms with Crippen molar-refractivity contribution in [3.8, 4) is 0 Å². The molecule has 0 bridgehead atoms. The fourth-order valence-electron chi connectivity index (χ4n) is 3.97. The molecule has 0 radical (unpaired) electrons. The molecule has 4 aromatic rings. The Hall–Kier alpha value is -4.48. The van der Waals surface area contributed by atoms with Gasteiger partial charge >= 0.3 is 18.4 Å². The van der Waals surface area contributed by atoms with Gasteiger partial charge in [0.1, 0.15) is 22.7 Å². The van der Waals surface area contributed by atoms with Crippen molar-refractivity contribution in [2.45, 2.75) is 24.3 Å². The van der Waals surface area contributed by atoms with Crippen molar-refractivity contribution in [1.29, 1.82) is 0 Å². The first kappa shape index (κ1) is 27.6. The number of alkyl halides is 6. The third-order valence-corrected chi connectivity index (χ3v) is 5.68. The summed E-state index contributed by atoms with van der Waals surface area (Å²) >= 11 is 0. The summed E-state index contributed by atoms with van der Waals surface area (Å²) in [5.74, 6) is -0.678. The van der Waals surface area contributed by atoms with E-state index in [9.17, 15) is 35.5 Å². The van der Waals surface area contributed by atoms with Crippen molar-refractivity contribution >= 4 is 11.7 Å². The number of hydrogen-bond donors (Lipinski definition) is 2. The Bertz CT molecular complexity index is 1400. The number of carbonyl (C=O) groups is 1. The van der Waals surface area contributed by atoms with Crippen molar-refractivity contribution in [3.05, 3.63) is 125 Å². The summed E-state index contributed by atoms with van der Waals surface area (Å²) in [6.45, 7) is 0. The Labute approximate surface area is 217 Å². The van der Waals surface area contributed by atoms with E-state index in [1.54, 1.807) is 30.3 Å². The molecule has 0 aliphatic carbocycles. The molecular weight excluding hydrogens is 529 g/mol. The molecule has 2 amide bonds. The number of carbonyl (C=O) groups excluding carboxylic acids is 1. The number of amides is 2. The zero-order chi connectivity index (χ0) is 28.3. The lowest BCUT2D eigenvalue weighted by atomic mass is 9.83. The highest BCUT2D eigenvalue weighted by Gasteiger charge is 2.43. The van der Waals surface area contributed by atoms with Gasteiger partial charge in [0.25, 0.3) is 0 Å². The van der Waals surface area contributed by atoms with Crippen molar-refractivity contribution in [3.63, 3.8) is 0 Å². The van der Waals surface area contributed by atoms with Gasteiger partial charge in [0.15, 0.2) is 0 Å². The van der Waals surface area contributed by atoms with Gasteiger partial charge in [-0.3, -0.25) is 0 Å². The molecule has 0 aliphatic rings. The normalized spacial score (nSPS) is 12.2. The maximum Gasteiger partial charge on any atom is 0.433 e. The minimum absolute atomic E-state index is 0.00452. The minimum Gasteiger partial charge on any atom is -0.321 e. The zero-order valence-electron chi connectivity index (χ0n) is 19.8. The topological polar surface area (TPSA) is 66.9 Å².